The summed E-state index contributed by atoms with van der Waals surface area (Å²) in [6.45, 7) is 0. The summed E-state index contributed by atoms with van der Waals surface area (Å²) < 4.78 is 16.9. The third-order valence-electron chi connectivity index (χ3n) is 2.92. The van der Waals surface area contributed by atoms with Crippen LogP contribution in [0.25, 0.3) is 22.6 Å². The number of nitrogens with one attached hydrogen (secondary N) is 1. The van der Waals surface area contributed by atoms with Gasteiger partial charge in [-0.05, 0) is 18.2 Å². The Morgan fingerprint density at radius 2 is 2.20 bits per heavy atom. The molecule has 1 N–H and O–H groups in total. The molecule has 0 aliphatic rings. The molecule has 0 radical (unpaired) electrons. The van der Waals surface area contributed by atoms with Crippen molar-refractivity contribution in [2.45, 2.75) is 4.90 Å². The van der Waals surface area contributed by atoms with Crippen molar-refractivity contribution in [1.29, 1.82) is 0 Å². The van der Waals surface area contributed by atoms with Gasteiger partial charge in [-0.2, -0.15) is 0 Å². The molecular formula is C13H12N4O2S. The molecule has 20 heavy (non-hydrogen) atoms. The predicted octanol–water partition coefficient (Wildman–Crippen LogP) is 1.77. The van der Waals surface area contributed by atoms with E-state index < -0.39 is 10.8 Å². The summed E-state index contributed by atoms with van der Waals surface area (Å²) in [5, 5.41) is 0. The maximum absolute atomic E-state index is 11.5. The second-order valence-electron chi connectivity index (χ2n) is 4.16. The molecule has 0 spiro atoms. The molecule has 0 saturated heterocycles. The monoisotopic (exact) mass is 288 g/mol. The number of H-pyrrole nitrogens is 1. The normalized spacial score (nSPS) is 12.5. The molecule has 0 aliphatic heterocycles. The van der Waals surface area contributed by atoms with Crippen LogP contribution in [0, 0.1) is 0 Å². The first-order valence-electron chi connectivity index (χ1n) is 5.86. The topological polar surface area (TPSA) is 80.8 Å². The standard InChI is InChI=1S/C13H12N4O2S/c1-19-11-5-8(20(2)18)3-4-9(11)12-16-10-6-14-7-15-13(10)17-12/h3-7H,1-2H3,(H,14,15,16,17)/t20-/m1/s1. The fourth-order valence-corrected chi connectivity index (χ4v) is 2.47. The smallest absolute Gasteiger partial charge is 0.181 e. The van der Waals surface area contributed by atoms with Gasteiger partial charge in [-0.25, -0.2) is 15.0 Å². The number of hydrogen-bond donors (Lipinski definition) is 1. The molecule has 102 valence electrons. The first-order chi connectivity index (χ1) is 9.69. The summed E-state index contributed by atoms with van der Waals surface area (Å²) >= 11 is 0. The number of ether oxygens (including phenoxy) is 1. The maximum atomic E-state index is 11.5. The van der Waals surface area contributed by atoms with Crippen LogP contribution in [0.4, 0.5) is 0 Å². The molecule has 2 aromatic heterocycles. The van der Waals surface area contributed by atoms with Crippen LogP contribution in [-0.4, -0.2) is 37.5 Å². The van der Waals surface area contributed by atoms with Gasteiger partial charge in [0.15, 0.2) is 5.65 Å². The largest absolute Gasteiger partial charge is 0.496 e. The molecule has 0 saturated carbocycles. The van der Waals surface area contributed by atoms with Crippen molar-refractivity contribution in [2.24, 2.45) is 0 Å². The lowest BCUT2D eigenvalue weighted by atomic mass is 10.2. The molecule has 1 aromatic carbocycles. The predicted molar refractivity (Wildman–Crippen MR) is 76.0 cm³/mol. The van der Waals surface area contributed by atoms with Crippen molar-refractivity contribution >= 4 is 22.0 Å². The zero-order valence-electron chi connectivity index (χ0n) is 11.0. The highest BCUT2D eigenvalue weighted by Crippen LogP contribution is 2.30. The van der Waals surface area contributed by atoms with Crippen molar-refractivity contribution in [2.75, 3.05) is 13.4 Å². The summed E-state index contributed by atoms with van der Waals surface area (Å²) in [5.74, 6) is 1.26. The van der Waals surface area contributed by atoms with E-state index in [0.29, 0.717) is 22.1 Å². The highest BCUT2D eigenvalue weighted by Gasteiger charge is 2.12. The minimum absolute atomic E-state index is 0.597. The van der Waals surface area contributed by atoms with E-state index in [2.05, 4.69) is 19.9 Å². The highest BCUT2D eigenvalue weighted by molar-refractivity contribution is 7.84. The summed E-state index contributed by atoms with van der Waals surface area (Å²) in [7, 11) is 0.520. The molecule has 0 bridgehead atoms. The molecule has 0 aliphatic carbocycles. The summed E-state index contributed by atoms with van der Waals surface area (Å²) in [5.41, 5.74) is 2.15. The minimum atomic E-state index is -1.05. The molecule has 0 unspecified atom stereocenters. The minimum Gasteiger partial charge on any atom is -0.496 e. The Balaban J connectivity index is 2.15. The van der Waals surface area contributed by atoms with Crippen LogP contribution >= 0.6 is 0 Å². The lowest BCUT2D eigenvalue weighted by Crippen LogP contribution is -1.93. The molecular weight excluding hydrogens is 276 g/mol. The van der Waals surface area contributed by atoms with Gasteiger partial charge in [0.05, 0.1) is 18.9 Å². The van der Waals surface area contributed by atoms with E-state index in [0.717, 1.165) is 11.1 Å². The van der Waals surface area contributed by atoms with Crippen LogP contribution in [0.15, 0.2) is 35.6 Å². The Labute approximate surface area is 117 Å². The van der Waals surface area contributed by atoms with Crippen LogP contribution in [0.2, 0.25) is 0 Å². The van der Waals surface area contributed by atoms with Gasteiger partial charge in [-0.1, -0.05) is 0 Å². The van der Waals surface area contributed by atoms with Crippen LogP contribution in [0.5, 0.6) is 5.75 Å². The Morgan fingerprint density at radius 3 is 2.90 bits per heavy atom. The van der Waals surface area contributed by atoms with Gasteiger partial charge in [-0.3, -0.25) is 4.21 Å². The summed E-state index contributed by atoms with van der Waals surface area (Å²) in [4.78, 5) is 16.3. The SMILES string of the molecule is COc1cc([S@@](C)=O)ccc1-c1nc2ncncc2[nH]1. The number of nitrogens with zero attached hydrogens (tertiary/aromatic N) is 3. The fourth-order valence-electron chi connectivity index (χ4n) is 1.94. The third-order valence-corrected chi connectivity index (χ3v) is 3.84. The molecule has 0 amide bonds. The Kier molecular flexibility index (Phi) is 3.19. The number of imidazole rings is 1. The second-order valence-corrected chi connectivity index (χ2v) is 5.54. The number of rotatable bonds is 3. The van der Waals surface area contributed by atoms with E-state index in [1.165, 1.54) is 6.33 Å². The molecule has 6 nitrogen and oxygen atoms in total. The van der Waals surface area contributed by atoms with Crippen LogP contribution in [-0.2, 0) is 10.8 Å². The summed E-state index contributed by atoms with van der Waals surface area (Å²) in [6, 6.07) is 5.39. The van der Waals surface area contributed by atoms with Crippen LogP contribution in [0.1, 0.15) is 0 Å². The van der Waals surface area contributed by atoms with E-state index >= 15 is 0 Å². The van der Waals surface area contributed by atoms with Gasteiger partial charge in [0.25, 0.3) is 0 Å². The Bertz CT molecular complexity index is 767. The van der Waals surface area contributed by atoms with Crippen molar-refractivity contribution in [3.63, 3.8) is 0 Å². The number of hydrogen-bond acceptors (Lipinski definition) is 5. The maximum Gasteiger partial charge on any atom is 0.181 e. The zero-order valence-corrected chi connectivity index (χ0v) is 11.8. The average Bonchev–Trinajstić information content (AvgIpc) is 2.90. The molecule has 1 atom stereocenters. The highest BCUT2D eigenvalue weighted by atomic mass is 32.2. The van der Waals surface area contributed by atoms with Gasteiger partial charge < -0.3 is 9.72 Å². The van der Waals surface area contributed by atoms with Gasteiger partial charge >= 0.3 is 0 Å². The fraction of sp³-hybridized carbons (Fsp3) is 0.154. The Hall–Kier alpha value is -2.28. The third kappa shape index (κ3) is 2.16. The van der Waals surface area contributed by atoms with E-state index in [9.17, 15) is 4.21 Å². The average molecular weight is 288 g/mol. The first kappa shape index (κ1) is 12.7. The summed E-state index contributed by atoms with van der Waals surface area (Å²) in [6.07, 6.45) is 4.75. The van der Waals surface area contributed by atoms with Crippen molar-refractivity contribution < 1.29 is 8.95 Å². The van der Waals surface area contributed by atoms with Crippen molar-refractivity contribution in [1.82, 2.24) is 19.9 Å². The van der Waals surface area contributed by atoms with Crippen LogP contribution in [0.3, 0.4) is 0 Å². The zero-order chi connectivity index (χ0) is 14.1. The van der Waals surface area contributed by atoms with Gasteiger partial charge in [0, 0.05) is 22.0 Å². The Morgan fingerprint density at radius 1 is 1.35 bits per heavy atom. The number of methoxy groups -OCH3 is 1. The molecule has 0 fully saturated rings. The number of benzene rings is 1. The number of fused-ring (bicyclic) bond motifs is 1. The van der Waals surface area contributed by atoms with Gasteiger partial charge in [-0.15, -0.1) is 0 Å². The number of aromatic amines is 1. The lowest BCUT2D eigenvalue weighted by molar-refractivity contribution is 0.415. The quantitative estimate of drug-likeness (QED) is 0.794. The number of aromatic nitrogens is 4. The molecule has 3 rings (SSSR count). The van der Waals surface area contributed by atoms with Crippen molar-refractivity contribution in [3.05, 3.63) is 30.7 Å². The van der Waals surface area contributed by atoms with E-state index in [1.807, 2.05) is 6.07 Å². The van der Waals surface area contributed by atoms with Crippen LogP contribution < -0.4 is 4.74 Å². The van der Waals surface area contributed by atoms with Gasteiger partial charge in [0.1, 0.15) is 23.4 Å². The van der Waals surface area contributed by atoms with E-state index in [-0.39, 0.29) is 0 Å². The first-order valence-corrected chi connectivity index (χ1v) is 7.42. The van der Waals surface area contributed by atoms with Gasteiger partial charge in [0.2, 0.25) is 0 Å². The molecule has 3 aromatic rings. The van der Waals surface area contributed by atoms with E-state index in [4.69, 9.17) is 4.74 Å². The second kappa shape index (κ2) is 5.01. The molecule has 7 heteroatoms. The molecule has 2 heterocycles. The lowest BCUT2D eigenvalue weighted by Gasteiger charge is -2.07. The van der Waals surface area contributed by atoms with Crippen molar-refractivity contribution in [3.8, 4) is 17.1 Å². The van der Waals surface area contributed by atoms with E-state index in [1.54, 1.807) is 31.7 Å².